The number of nitro groups is 1. The zero-order chi connectivity index (χ0) is 25.2. The molecule has 1 aliphatic heterocycles. The maximum absolute atomic E-state index is 12.6. The average Bonchev–Trinajstić information content (AvgIpc) is 3.27. The predicted molar refractivity (Wildman–Crippen MR) is 113 cm³/mol. The lowest BCUT2D eigenvalue weighted by Crippen LogP contribution is -2.40. The number of imidazole rings is 1. The topological polar surface area (TPSA) is 166 Å². The maximum Gasteiger partial charge on any atom is 0.345 e. The Morgan fingerprint density at radius 3 is 2.26 bits per heavy atom. The van der Waals surface area contributed by atoms with Crippen LogP contribution < -0.4 is 0 Å². The number of esters is 2. The molecule has 0 aliphatic carbocycles. The lowest BCUT2D eigenvalue weighted by Gasteiger charge is -2.22. The minimum atomic E-state index is -4.21. The number of ether oxygens (including phenoxy) is 3. The second-order valence-electron chi connectivity index (χ2n) is 7.56. The highest BCUT2D eigenvalue weighted by atomic mass is 32.2. The number of carbonyl (C=O) groups excluding carboxylic acids is 2. The van der Waals surface area contributed by atoms with Crippen LogP contribution in [0.3, 0.4) is 0 Å². The van der Waals surface area contributed by atoms with Crippen LogP contribution in [0.5, 0.6) is 0 Å². The van der Waals surface area contributed by atoms with Crippen molar-refractivity contribution in [1.82, 2.24) is 9.55 Å². The molecule has 0 radical (unpaired) electrons. The summed E-state index contributed by atoms with van der Waals surface area (Å²) in [4.78, 5) is 38.1. The fraction of sp³-hybridized carbons (Fsp3) is 0.450. The Morgan fingerprint density at radius 2 is 1.71 bits per heavy atom. The molecule has 184 valence electrons. The molecular weight excluding hydrogens is 474 g/mol. The molecule has 1 aliphatic rings. The molecule has 0 amide bonds. The first-order valence-electron chi connectivity index (χ1n) is 10.0. The SMILES string of the molecule is CC(=O)OC1C(COS(=O)(=O)c2ccc(C)cc2)OC(n2c([N+](=O)[O-])cnc2C)C1OC(C)=O. The highest BCUT2D eigenvalue weighted by Crippen LogP contribution is 2.37. The number of aromatic nitrogens is 2. The van der Waals surface area contributed by atoms with Crippen LogP contribution >= 0.6 is 0 Å². The van der Waals surface area contributed by atoms with E-state index in [0.717, 1.165) is 30.2 Å². The normalized spacial score (nSPS) is 22.4. The highest BCUT2D eigenvalue weighted by Gasteiger charge is 2.54. The summed E-state index contributed by atoms with van der Waals surface area (Å²) in [5.41, 5.74) is 0.845. The van der Waals surface area contributed by atoms with Gasteiger partial charge in [-0.05, 0) is 24.0 Å². The molecule has 4 unspecified atom stereocenters. The van der Waals surface area contributed by atoms with Gasteiger partial charge in [-0.3, -0.25) is 13.8 Å². The molecule has 1 aromatic heterocycles. The number of benzene rings is 1. The van der Waals surface area contributed by atoms with Crippen LogP contribution in [0.4, 0.5) is 5.82 Å². The second-order valence-corrected chi connectivity index (χ2v) is 9.17. The van der Waals surface area contributed by atoms with Crippen LogP contribution in [-0.4, -0.2) is 59.7 Å². The van der Waals surface area contributed by atoms with Gasteiger partial charge in [-0.2, -0.15) is 13.0 Å². The molecule has 2 aromatic rings. The van der Waals surface area contributed by atoms with Gasteiger partial charge in [-0.25, -0.2) is 4.98 Å². The van der Waals surface area contributed by atoms with Crippen molar-refractivity contribution in [3.05, 3.63) is 52.0 Å². The zero-order valence-electron chi connectivity index (χ0n) is 18.7. The Kier molecular flexibility index (Phi) is 7.33. The van der Waals surface area contributed by atoms with Crippen molar-refractivity contribution in [2.45, 2.75) is 57.1 Å². The fourth-order valence-corrected chi connectivity index (χ4v) is 4.44. The van der Waals surface area contributed by atoms with Crippen molar-refractivity contribution in [2.24, 2.45) is 0 Å². The molecule has 4 atom stereocenters. The number of aryl methyl sites for hydroxylation is 2. The first-order valence-corrected chi connectivity index (χ1v) is 11.5. The van der Waals surface area contributed by atoms with E-state index in [9.17, 15) is 28.1 Å². The molecule has 34 heavy (non-hydrogen) atoms. The molecule has 0 spiro atoms. The maximum atomic E-state index is 12.6. The van der Waals surface area contributed by atoms with Crippen LogP contribution in [-0.2, 0) is 38.1 Å². The van der Waals surface area contributed by atoms with Gasteiger partial charge in [0, 0.05) is 20.8 Å². The van der Waals surface area contributed by atoms with E-state index in [2.05, 4.69) is 4.98 Å². The van der Waals surface area contributed by atoms with E-state index >= 15 is 0 Å². The van der Waals surface area contributed by atoms with Gasteiger partial charge in [-0.15, -0.1) is 0 Å². The molecule has 0 N–H and O–H groups in total. The minimum absolute atomic E-state index is 0.102. The number of nitrogens with zero attached hydrogens (tertiary/aromatic N) is 3. The van der Waals surface area contributed by atoms with Crippen LogP contribution in [0.25, 0.3) is 0 Å². The number of rotatable bonds is 8. The Labute approximate surface area is 194 Å². The molecule has 3 rings (SSSR count). The van der Waals surface area contributed by atoms with E-state index in [0.29, 0.717) is 0 Å². The van der Waals surface area contributed by atoms with Crippen LogP contribution in [0, 0.1) is 24.0 Å². The second kappa shape index (κ2) is 9.87. The third-order valence-corrected chi connectivity index (χ3v) is 6.29. The Bertz CT molecular complexity index is 1190. The molecule has 1 saturated heterocycles. The van der Waals surface area contributed by atoms with Gasteiger partial charge < -0.3 is 24.3 Å². The van der Waals surface area contributed by atoms with E-state index in [1.54, 1.807) is 19.1 Å². The van der Waals surface area contributed by atoms with Crippen molar-refractivity contribution < 1.29 is 41.3 Å². The van der Waals surface area contributed by atoms with Gasteiger partial charge in [0.2, 0.25) is 12.3 Å². The van der Waals surface area contributed by atoms with Gasteiger partial charge in [0.1, 0.15) is 12.3 Å². The van der Waals surface area contributed by atoms with Crippen LogP contribution in [0.15, 0.2) is 35.4 Å². The summed E-state index contributed by atoms with van der Waals surface area (Å²) in [7, 11) is -4.21. The molecule has 14 heteroatoms. The van der Waals surface area contributed by atoms with E-state index < -0.39 is 63.9 Å². The summed E-state index contributed by atoms with van der Waals surface area (Å²) in [5, 5.41) is 11.5. The number of carbonyl (C=O) groups is 2. The van der Waals surface area contributed by atoms with Crippen molar-refractivity contribution in [3.8, 4) is 0 Å². The Hall–Kier alpha value is -3.36. The van der Waals surface area contributed by atoms with Gasteiger partial charge in [0.25, 0.3) is 10.1 Å². The first-order chi connectivity index (χ1) is 15.9. The lowest BCUT2D eigenvalue weighted by molar-refractivity contribution is -0.394. The third kappa shape index (κ3) is 5.40. The van der Waals surface area contributed by atoms with Crippen LogP contribution in [0.1, 0.15) is 31.5 Å². The van der Waals surface area contributed by atoms with Gasteiger partial charge in [-0.1, -0.05) is 17.7 Å². The zero-order valence-corrected chi connectivity index (χ0v) is 19.6. The highest BCUT2D eigenvalue weighted by molar-refractivity contribution is 7.86. The lowest BCUT2D eigenvalue weighted by atomic mass is 10.1. The van der Waals surface area contributed by atoms with Gasteiger partial charge in [0.05, 0.1) is 11.5 Å². The molecule has 2 heterocycles. The van der Waals surface area contributed by atoms with E-state index in [1.807, 2.05) is 0 Å². The number of hydrogen-bond acceptors (Lipinski definition) is 11. The van der Waals surface area contributed by atoms with Gasteiger partial charge >= 0.3 is 17.8 Å². The third-order valence-electron chi connectivity index (χ3n) is 4.99. The first kappa shape index (κ1) is 25.3. The fourth-order valence-electron chi connectivity index (χ4n) is 3.52. The largest absolute Gasteiger partial charge is 0.455 e. The number of hydrogen-bond donors (Lipinski definition) is 0. The summed E-state index contributed by atoms with van der Waals surface area (Å²) in [6.45, 7) is 4.84. The standard InChI is InChI=1S/C20H23N3O10S/c1-11-5-7-15(8-6-11)34(28,29)30-10-16-18(31-13(3)24)19(32-14(4)25)20(33-16)22-12(2)21-9-17(22)23(26)27/h5-9,16,18-20H,10H2,1-4H3. The molecule has 1 aromatic carbocycles. The molecule has 1 fully saturated rings. The smallest absolute Gasteiger partial charge is 0.345 e. The van der Waals surface area contributed by atoms with Crippen molar-refractivity contribution in [3.63, 3.8) is 0 Å². The summed E-state index contributed by atoms with van der Waals surface area (Å²) in [6, 6.07) is 5.92. The van der Waals surface area contributed by atoms with Crippen molar-refractivity contribution >= 4 is 27.9 Å². The minimum Gasteiger partial charge on any atom is -0.455 e. The average molecular weight is 497 g/mol. The quantitative estimate of drug-likeness (QED) is 0.225. The summed E-state index contributed by atoms with van der Waals surface area (Å²) < 4.78 is 47.8. The summed E-state index contributed by atoms with van der Waals surface area (Å²) in [5.74, 6) is -1.85. The van der Waals surface area contributed by atoms with Crippen molar-refractivity contribution in [1.29, 1.82) is 0 Å². The molecular formula is C20H23N3O10S. The van der Waals surface area contributed by atoms with Crippen LogP contribution in [0.2, 0.25) is 0 Å². The van der Waals surface area contributed by atoms with E-state index in [4.69, 9.17) is 18.4 Å². The Balaban J connectivity index is 1.95. The molecule has 0 bridgehead atoms. The summed E-state index contributed by atoms with van der Waals surface area (Å²) in [6.07, 6.45) is -4.26. The Morgan fingerprint density at radius 1 is 1.12 bits per heavy atom. The summed E-state index contributed by atoms with van der Waals surface area (Å²) >= 11 is 0. The molecule has 13 nitrogen and oxygen atoms in total. The predicted octanol–water partition coefficient (Wildman–Crippen LogP) is 1.57. The van der Waals surface area contributed by atoms with E-state index in [1.165, 1.54) is 19.1 Å². The van der Waals surface area contributed by atoms with E-state index in [-0.39, 0.29) is 10.7 Å². The van der Waals surface area contributed by atoms with Crippen molar-refractivity contribution in [2.75, 3.05) is 6.61 Å². The monoisotopic (exact) mass is 497 g/mol. The molecule has 0 saturated carbocycles. The van der Waals surface area contributed by atoms with Gasteiger partial charge in [0.15, 0.2) is 11.9 Å².